The van der Waals surface area contributed by atoms with Gasteiger partial charge >= 0.3 is 0 Å². The number of imidazole rings is 1. The smallest absolute Gasteiger partial charge is 0.272 e. The van der Waals surface area contributed by atoms with Crippen molar-refractivity contribution in [2.45, 2.75) is 32.2 Å². The minimum Gasteiger partial charge on any atom is -0.343 e. The van der Waals surface area contributed by atoms with Crippen molar-refractivity contribution < 1.29 is 4.79 Å². The Morgan fingerprint density at radius 1 is 1.17 bits per heavy atom. The van der Waals surface area contributed by atoms with Gasteiger partial charge in [0.05, 0.1) is 11.7 Å². The molecule has 0 fully saturated rings. The van der Waals surface area contributed by atoms with Gasteiger partial charge in [0.2, 0.25) is 5.78 Å². The van der Waals surface area contributed by atoms with Gasteiger partial charge in [-0.1, -0.05) is 44.2 Å². The van der Waals surface area contributed by atoms with Crippen LogP contribution in [0.3, 0.4) is 0 Å². The molecule has 0 radical (unpaired) electrons. The summed E-state index contributed by atoms with van der Waals surface area (Å²) in [6, 6.07) is 12.5. The van der Waals surface area contributed by atoms with E-state index in [1.165, 1.54) is 6.07 Å². The van der Waals surface area contributed by atoms with Gasteiger partial charge in [-0.2, -0.15) is 0 Å². The number of hydrogen-bond donors (Lipinski definition) is 2. The molecular weight excluding hydrogens is 380 g/mol. The summed E-state index contributed by atoms with van der Waals surface area (Å²) in [4.78, 5) is 40.8. The highest BCUT2D eigenvalue weighted by Crippen LogP contribution is 2.19. The number of carbonyl (C=O) groups is 1. The van der Waals surface area contributed by atoms with E-state index in [1.807, 2.05) is 44.2 Å². The fraction of sp³-hybridized carbons (Fsp3) is 0.227. The average molecular weight is 402 g/mol. The van der Waals surface area contributed by atoms with Crippen molar-refractivity contribution in [3.8, 4) is 0 Å². The van der Waals surface area contributed by atoms with Crippen LogP contribution in [0.15, 0.2) is 65.8 Å². The predicted octanol–water partition coefficient (Wildman–Crippen LogP) is 2.65. The summed E-state index contributed by atoms with van der Waals surface area (Å²) in [5.41, 5.74) is 1.61. The molecule has 1 atom stereocenters. The molecule has 3 heterocycles. The molecule has 2 N–H and O–H groups in total. The number of aromatic amines is 1. The monoisotopic (exact) mass is 402 g/mol. The molecule has 0 unspecified atom stereocenters. The molecule has 3 aromatic heterocycles. The molecule has 0 aliphatic heterocycles. The largest absolute Gasteiger partial charge is 0.343 e. The third-order valence-electron chi connectivity index (χ3n) is 4.75. The van der Waals surface area contributed by atoms with Crippen LogP contribution in [0.4, 0.5) is 0 Å². The molecule has 8 nitrogen and oxygen atoms in total. The molecule has 4 aromatic rings. The molecule has 0 saturated carbocycles. The maximum Gasteiger partial charge on any atom is 0.272 e. The maximum atomic E-state index is 12.9. The number of carbonyl (C=O) groups excluding carboxylic acids is 1. The van der Waals surface area contributed by atoms with Crippen molar-refractivity contribution in [1.82, 2.24) is 29.7 Å². The molecule has 1 amide bonds. The van der Waals surface area contributed by atoms with E-state index >= 15 is 0 Å². The second-order valence-corrected chi connectivity index (χ2v) is 7.37. The number of amides is 1. The first-order valence-electron chi connectivity index (χ1n) is 9.75. The average Bonchev–Trinajstić information content (AvgIpc) is 3.18. The number of hydrogen-bond acceptors (Lipinski definition) is 5. The molecule has 0 saturated heterocycles. The summed E-state index contributed by atoms with van der Waals surface area (Å²) in [5.74, 6) is 0.856. The summed E-state index contributed by atoms with van der Waals surface area (Å²) in [5, 5.41) is 3.03. The number of nitrogens with one attached hydrogen (secondary N) is 2. The first kappa shape index (κ1) is 19.5. The topological polar surface area (TPSA) is 105 Å². The normalized spacial score (nSPS) is 12.2. The Bertz CT molecular complexity index is 1200. The number of fused-ring (bicyclic) bond motifs is 1. The van der Waals surface area contributed by atoms with Crippen LogP contribution in [-0.4, -0.2) is 30.2 Å². The standard InChI is InChI=1S/C22H22N6O2/c1-14(2)20-24-16(12-19(29)27-20)11-17(15-7-4-3-5-8-15)25-21(30)18-13-28-10-6-9-23-22(28)26-18/h3-10,12-14,17H,11H2,1-2H3,(H,25,30)(H,24,27,29)/t17-/m1/s1. The summed E-state index contributed by atoms with van der Waals surface area (Å²) in [7, 11) is 0. The quantitative estimate of drug-likeness (QED) is 0.516. The van der Waals surface area contributed by atoms with Gasteiger partial charge in [0, 0.05) is 37.0 Å². The molecule has 0 aliphatic rings. The Labute approximate surface area is 173 Å². The lowest BCUT2D eigenvalue weighted by atomic mass is 10.0. The minimum atomic E-state index is -0.370. The van der Waals surface area contributed by atoms with Gasteiger partial charge in [-0.15, -0.1) is 0 Å². The van der Waals surface area contributed by atoms with Crippen LogP contribution in [0.5, 0.6) is 0 Å². The van der Waals surface area contributed by atoms with Gasteiger partial charge in [0.1, 0.15) is 11.5 Å². The highest BCUT2D eigenvalue weighted by atomic mass is 16.2. The van der Waals surface area contributed by atoms with Crippen molar-refractivity contribution in [2.24, 2.45) is 0 Å². The second-order valence-electron chi connectivity index (χ2n) is 7.37. The zero-order valence-electron chi connectivity index (χ0n) is 16.7. The summed E-state index contributed by atoms with van der Waals surface area (Å²) >= 11 is 0. The summed E-state index contributed by atoms with van der Waals surface area (Å²) < 4.78 is 1.69. The van der Waals surface area contributed by atoms with E-state index in [2.05, 4.69) is 25.3 Å². The van der Waals surface area contributed by atoms with Crippen LogP contribution in [-0.2, 0) is 6.42 Å². The molecule has 0 aliphatic carbocycles. The van der Waals surface area contributed by atoms with Gasteiger partial charge in [-0.05, 0) is 11.6 Å². The van der Waals surface area contributed by atoms with Gasteiger partial charge in [-0.25, -0.2) is 15.0 Å². The van der Waals surface area contributed by atoms with E-state index in [0.717, 1.165) is 5.56 Å². The zero-order valence-corrected chi connectivity index (χ0v) is 16.7. The van der Waals surface area contributed by atoms with E-state index in [1.54, 1.807) is 29.1 Å². The number of aromatic nitrogens is 5. The molecule has 0 spiro atoms. The van der Waals surface area contributed by atoms with Crippen molar-refractivity contribution in [3.05, 3.63) is 94.2 Å². The molecule has 4 rings (SSSR count). The molecule has 8 heteroatoms. The lowest BCUT2D eigenvalue weighted by molar-refractivity contribution is 0.0932. The van der Waals surface area contributed by atoms with E-state index in [-0.39, 0.29) is 29.1 Å². The minimum absolute atomic E-state index is 0.0906. The maximum absolute atomic E-state index is 12.9. The highest BCUT2D eigenvalue weighted by Gasteiger charge is 2.20. The van der Waals surface area contributed by atoms with E-state index in [4.69, 9.17) is 0 Å². The Hall–Kier alpha value is -3.81. The van der Waals surface area contributed by atoms with Crippen LogP contribution in [0, 0.1) is 0 Å². The highest BCUT2D eigenvalue weighted by molar-refractivity contribution is 5.93. The third kappa shape index (κ3) is 4.27. The molecule has 0 bridgehead atoms. The van der Waals surface area contributed by atoms with E-state index in [0.29, 0.717) is 23.7 Å². The van der Waals surface area contributed by atoms with Gasteiger partial charge in [-0.3, -0.25) is 14.0 Å². The van der Waals surface area contributed by atoms with Crippen LogP contribution in [0.2, 0.25) is 0 Å². The Balaban J connectivity index is 1.64. The lowest BCUT2D eigenvalue weighted by Gasteiger charge is -2.19. The second kappa shape index (κ2) is 8.28. The van der Waals surface area contributed by atoms with Crippen LogP contribution >= 0.6 is 0 Å². The third-order valence-corrected chi connectivity index (χ3v) is 4.75. The zero-order chi connectivity index (χ0) is 21.1. The number of H-pyrrole nitrogens is 1. The molecule has 30 heavy (non-hydrogen) atoms. The Morgan fingerprint density at radius 2 is 1.97 bits per heavy atom. The fourth-order valence-electron chi connectivity index (χ4n) is 3.22. The summed E-state index contributed by atoms with van der Waals surface area (Å²) in [6.07, 6.45) is 5.43. The van der Waals surface area contributed by atoms with E-state index in [9.17, 15) is 9.59 Å². The molecule has 152 valence electrons. The Morgan fingerprint density at radius 3 is 2.70 bits per heavy atom. The van der Waals surface area contributed by atoms with Crippen LogP contribution in [0.25, 0.3) is 5.78 Å². The SMILES string of the molecule is CC(C)c1nc(C[C@@H](NC(=O)c2cn3cccnc3n2)c2ccccc2)cc(=O)[nH]1. The Kier molecular flexibility index (Phi) is 5.38. The van der Waals surface area contributed by atoms with Crippen molar-refractivity contribution in [1.29, 1.82) is 0 Å². The number of benzene rings is 1. The number of rotatable bonds is 6. The fourth-order valence-corrected chi connectivity index (χ4v) is 3.22. The van der Waals surface area contributed by atoms with E-state index < -0.39 is 0 Å². The first-order valence-corrected chi connectivity index (χ1v) is 9.75. The first-order chi connectivity index (χ1) is 14.5. The molecule has 1 aromatic carbocycles. The lowest BCUT2D eigenvalue weighted by Crippen LogP contribution is -2.31. The van der Waals surface area contributed by atoms with Gasteiger partial charge < -0.3 is 10.3 Å². The number of nitrogens with zero attached hydrogens (tertiary/aromatic N) is 4. The van der Waals surface area contributed by atoms with Gasteiger partial charge in [0.15, 0.2) is 0 Å². The van der Waals surface area contributed by atoms with Crippen LogP contribution in [0.1, 0.15) is 53.4 Å². The van der Waals surface area contributed by atoms with Crippen LogP contribution < -0.4 is 10.9 Å². The summed E-state index contributed by atoms with van der Waals surface area (Å²) in [6.45, 7) is 3.94. The van der Waals surface area contributed by atoms with Gasteiger partial charge in [0.25, 0.3) is 11.5 Å². The predicted molar refractivity (Wildman–Crippen MR) is 112 cm³/mol. The van der Waals surface area contributed by atoms with Crippen molar-refractivity contribution in [2.75, 3.05) is 0 Å². The van der Waals surface area contributed by atoms with Crippen molar-refractivity contribution >= 4 is 11.7 Å². The van der Waals surface area contributed by atoms with Crippen molar-refractivity contribution in [3.63, 3.8) is 0 Å². The molecular formula is C22H22N6O2.